The number of ether oxygens (including phenoxy) is 4. The second-order valence-electron chi connectivity index (χ2n) is 8.56. The van der Waals surface area contributed by atoms with E-state index in [2.05, 4.69) is 0 Å². The quantitative estimate of drug-likeness (QED) is 0.185. The van der Waals surface area contributed by atoms with Gasteiger partial charge in [-0.15, -0.1) is 0 Å². The highest BCUT2D eigenvalue weighted by Gasteiger charge is 2.47. The largest absolute Gasteiger partial charge is 0.758 e. The summed E-state index contributed by atoms with van der Waals surface area (Å²) in [6, 6.07) is -1.22. The first-order chi connectivity index (χ1) is 17.1. The molecule has 1 heterocycles. The summed E-state index contributed by atoms with van der Waals surface area (Å²) in [5.41, 5.74) is 0.0568. The van der Waals surface area contributed by atoms with E-state index in [4.69, 9.17) is 18.9 Å². The second kappa shape index (κ2) is 13.8. The Morgan fingerprint density at radius 1 is 0.806 bits per heavy atom. The molecule has 202 valence electrons. The van der Waals surface area contributed by atoms with E-state index in [9.17, 15) is 29.3 Å². The normalized spacial score (nSPS) is 19.8. The SMILES string of the molecule is COC(=O)CN(CC(=O)OC)CC1=C(CN(CC(=O)OC)CC(=O)OC)[N+](=O)[C@H]2CCCC[C@@H]2N1[O-]. The van der Waals surface area contributed by atoms with Gasteiger partial charge in [-0.2, -0.15) is 0 Å². The Hall–Kier alpha value is -3.10. The summed E-state index contributed by atoms with van der Waals surface area (Å²) < 4.78 is 19.6. The maximum atomic E-state index is 13.5. The minimum absolute atomic E-state index is 0.0284. The zero-order chi connectivity index (χ0) is 26.8. The Labute approximate surface area is 209 Å². The number of carbonyl (C=O) groups is 4. The van der Waals surface area contributed by atoms with E-state index in [0.29, 0.717) is 12.8 Å². The molecule has 0 amide bonds. The first-order valence-electron chi connectivity index (χ1n) is 11.5. The van der Waals surface area contributed by atoms with Crippen molar-refractivity contribution in [1.29, 1.82) is 0 Å². The van der Waals surface area contributed by atoms with Gasteiger partial charge in [0.25, 0.3) is 5.70 Å². The fourth-order valence-electron chi connectivity index (χ4n) is 4.36. The fraction of sp³-hybridized carbons (Fsp3) is 0.727. The Morgan fingerprint density at radius 2 is 1.22 bits per heavy atom. The number of esters is 4. The van der Waals surface area contributed by atoms with Gasteiger partial charge in [0.1, 0.15) is 0 Å². The van der Waals surface area contributed by atoms with Crippen LogP contribution in [-0.4, -0.2) is 123 Å². The molecule has 1 fully saturated rings. The predicted molar refractivity (Wildman–Crippen MR) is 123 cm³/mol. The van der Waals surface area contributed by atoms with Gasteiger partial charge >= 0.3 is 23.9 Å². The standard InChI is InChI=1S/C22H34N4O10/c1-33-19(27)11-23(12-20(28)34-2)9-17-18(10-24(13-21(29)35-3)14-22(30)36-4)26(32)16-8-6-5-7-15(16)25(17)31/h15-16H,5-14H2,1-4H3/t15-,16-/m0/s1. The maximum absolute atomic E-state index is 13.5. The lowest BCUT2D eigenvalue weighted by molar-refractivity contribution is -0.560. The van der Waals surface area contributed by atoms with Crippen LogP contribution in [0.25, 0.3) is 0 Å². The minimum atomic E-state index is -0.651. The molecular formula is C22H34N4O10. The van der Waals surface area contributed by atoms with Gasteiger partial charge in [-0.05, 0) is 12.8 Å². The van der Waals surface area contributed by atoms with E-state index in [-0.39, 0.29) is 50.7 Å². The molecule has 0 spiro atoms. The molecule has 14 heteroatoms. The molecule has 1 aliphatic carbocycles. The molecule has 0 aromatic carbocycles. The molecule has 2 rings (SSSR count). The smallest absolute Gasteiger partial charge is 0.319 e. The van der Waals surface area contributed by atoms with Gasteiger partial charge in [0.2, 0.25) is 6.04 Å². The molecular weight excluding hydrogens is 480 g/mol. The molecule has 0 unspecified atom stereocenters. The van der Waals surface area contributed by atoms with E-state index in [0.717, 1.165) is 22.7 Å². The topological polar surface area (TPSA) is 158 Å². The van der Waals surface area contributed by atoms with E-state index >= 15 is 0 Å². The van der Waals surface area contributed by atoms with Crippen LogP contribution in [0.3, 0.4) is 0 Å². The highest BCUT2D eigenvalue weighted by atomic mass is 16.5. The van der Waals surface area contributed by atoms with Crippen molar-refractivity contribution in [3.8, 4) is 0 Å². The number of carbonyl (C=O) groups excluding carboxylic acids is 4. The van der Waals surface area contributed by atoms with Crippen LogP contribution in [0.5, 0.6) is 0 Å². The lowest BCUT2D eigenvalue weighted by atomic mass is 9.87. The maximum Gasteiger partial charge on any atom is 0.319 e. The molecule has 1 saturated carbocycles. The van der Waals surface area contributed by atoms with Gasteiger partial charge in [0, 0.05) is 22.6 Å². The third-order valence-electron chi connectivity index (χ3n) is 6.23. The minimum Gasteiger partial charge on any atom is -0.758 e. The number of rotatable bonds is 12. The first-order valence-corrected chi connectivity index (χ1v) is 11.5. The molecule has 36 heavy (non-hydrogen) atoms. The zero-order valence-electron chi connectivity index (χ0n) is 21.1. The van der Waals surface area contributed by atoms with Gasteiger partial charge in [-0.3, -0.25) is 29.0 Å². The van der Waals surface area contributed by atoms with Gasteiger partial charge in [-0.25, -0.2) is 0 Å². The van der Waals surface area contributed by atoms with Crippen molar-refractivity contribution in [2.45, 2.75) is 37.8 Å². The molecule has 14 nitrogen and oxygen atoms in total. The van der Waals surface area contributed by atoms with Crippen molar-refractivity contribution in [2.75, 3.05) is 67.7 Å². The number of hydrogen-bond acceptors (Lipinski definition) is 13. The van der Waals surface area contributed by atoms with Crippen LogP contribution in [0.15, 0.2) is 11.4 Å². The van der Waals surface area contributed by atoms with Crippen LogP contribution >= 0.6 is 0 Å². The van der Waals surface area contributed by atoms with Crippen molar-refractivity contribution in [3.63, 3.8) is 0 Å². The predicted octanol–water partition coefficient (Wildman–Crippen LogP) is -0.602. The lowest BCUT2D eigenvalue weighted by Crippen LogP contribution is -2.55. The van der Waals surface area contributed by atoms with Crippen LogP contribution in [0.1, 0.15) is 25.7 Å². The monoisotopic (exact) mass is 514 g/mol. The molecule has 1 aliphatic heterocycles. The van der Waals surface area contributed by atoms with Crippen molar-refractivity contribution in [2.24, 2.45) is 0 Å². The average molecular weight is 515 g/mol. The molecule has 0 aromatic rings. The van der Waals surface area contributed by atoms with Gasteiger partial charge in [0.05, 0.1) is 72.9 Å². The summed E-state index contributed by atoms with van der Waals surface area (Å²) in [5.74, 6) is -2.60. The van der Waals surface area contributed by atoms with Gasteiger partial charge in [-0.1, -0.05) is 6.42 Å². The zero-order valence-corrected chi connectivity index (χ0v) is 21.1. The van der Waals surface area contributed by atoms with Crippen molar-refractivity contribution < 1.29 is 42.9 Å². The van der Waals surface area contributed by atoms with Gasteiger partial charge < -0.3 is 29.2 Å². The van der Waals surface area contributed by atoms with E-state index < -0.39 is 36.0 Å². The van der Waals surface area contributed by atoms with Crippen LogP contribution in [0.2, 0.25) is 0 Å². The van der Waals surface area contributed by atoms with Crippen LogP contribution in [-0.2, 0) is 38.1 Å². The Morgan fingerprint density at radius 3 is 1.67 bits per heavy atom. The first kappa shape index (κ1) is 29.1. The average Bonchev–Trinajstić information content (AvgIpc) is 2.88. The van der Waals surface area contributed by atoms with E-state index in [1.165, 1.54) is 38.2 Å². The second-order valence-corrected chi connectivity index (χ2v) is 8.56. The Kier molecular flexibility index (Phi) is 11.2. The lowest BCUT2D eigenvalue weighted by Gasteiger charge is -2.47. The third-order valence-corrected chi connectivity index (χ3v) is 6.23. The summed E-state index contributed by atoms with van der Waals surface area (Å²) in [6.45, 7) is -1.83. The molecule has 0 radical (unpaired) electrons. The van der Waals surface area contributed by atoms with E-state index in [1.54, 1.807) is 0 Å². The number of methoxy groups -OCH3 is 4. The summed E-state index contributed by atoms with van der Waals surface area (Å²) in [6.07, 6.45) is 2.57. The summed E-state index contributed by atoms with van der Waals surface area (Å²) in [5, 5.41) is 14.3. The number of hydrogen-bond donors (Lipinski definition) is 0. The summed E-state index contributed by atoms with van der Waals surface area (Å²) in [4.78, 5) is 64.1. The van der Waals surface area contributed by atoms with Crippen LogP contribution in [0.4, 0.5) is 0 Å². The Balaban J connectivity index is 2.49. The molecule has 0 N–H and O–H groups in total. The number of nitrogens with zero attached hydrogens (tertiary/aromatic N) is 4. The molecule has 0 bridgehead atoms. The molecule has 2 aliphatic rings. The highest BCUT2D eigenvalue weighted by molar-refractivity contribution is 5.75. The third kappa shape index (κ3) is 7.70. The van der Waals surface area contributed by atoms with E-state index in [1.807, 2.05) is 0 Å². The Bertz CT molecular complexity index is 841. The highest BCUT2D eigenvalue weighted by Crippen LogP contribution is 2.34. The van der Waals surface area contributed by atoms with Crippen LogP contribution in [0, 0.1) is 10.1 Å². The molecule has 0 saturated heterocycles. The summed E-state index contributed by atoms with van der Waals surface area (Å²) in [7, 11) is 4.75. The molecule has 2 atom stereocenters. The van der Waals surface area contributed by atoms with Gasteiger partial charge in [0.15, 0.2) is 0 Å². The van der Waals surface area contributed by atoms with Crippen LogP contribution < -0.4 is 0 Å². The van der Waals surface area contributed by atoms with Crippen molar-refractivity contribution in [1.82, 2.24) is 14.9 Å². The van der Waals surface area contributed by atoms with Crippen molar-refractivity contribution >= 4 is 23.9 Å². The van der Waals surface area contributed by atoms with Crippen molar-refractivity contribution in [3.05, 3.63) is 21.5 Å². The fourth-order valence-corrected chi connectivity index (χ4v) is 4.36. The number of hydroxylamine groups is 2. The number of nitroso groups, excluding NO2 is 1. The molecule has 0 aromatic heterocycles. The number of fused-ring (bicyclic) bond motifs is 1. The summed E-state index contributed by atoms with van der Waals surface area (Å²) >= 11 is 0.